The highest BCUT2D eigenvalue weighted by Crippen LogP contribution is 2.44. The zero-order valence-electron chi connectivity index (χ0n) is 19.2. The zero-order valence-corrected chi connectivity index (χ0v) is 20.8. The van der Waals surface area contributed by atoms with Gasteiger partial charge in [0.2, 0.25) is 5.91 Å². The minimum atomic E-state index is -4.56. The highest BCUT2D eigenvalue weighted by molar-refractivity contribution is 8.26. The average Bonchev–Trinajstić information content (AvgIpc) is 3.53. The number of hydrogen-bond donors (Lipinski definition) is 1. The van der Waals surface area contributed by atoms with Crippen LogP contribution in [0.4, 0.5) is 24.5 Å². The number of nitrogens with zero attached hydrogens (tertiary/aromatic N) is 2. The van der Waals surface area contributed by atoms with E-state index in [1.54, 1.807) is 24.3 Å². The quantitative estimate of drug-likeness (QED) is 0.441. The Morgan fingerprint density at radius 2 is 1.89 bits per heavy atom. The van der Waals surface area contributed by atoms with Crippen molar-refractivity contribution in [2.45, 2.75) is 25.1 Å². The summed E-state index contributed by atoms with van der Waals surface area (Å²) in [6.45, 7) is 0.482. The lowest BCUT2D eigenvalue weighted by Gasteiger charge is -2.18. The summed E-state index contributed by atoms with van der Waals surface area (Å²) in [5, 5.41) is 2.42. The number of hydrogen-bond acceptors (Lipinski definition) is 6. The van der Waals surface area contributed by atoms with Gasteiger partial charge in [-0.15, -0.1) is 0 Å². The number of rotatable bonds is 5. The van der Waals surface area contributed by atoms with E-state index in [2.05, 4.69) is 5.32 Å². The number of para-hydroxylation sites is 1. The van der Waals surface area contributed by atoms with Crippen LogP contribution in [0.3, 0.4) is 0 Å². The monoisotopic (exact) mass is 547 g/mol. The van der Waals surface area contributed by atoms with Gasteiger partial charge in [0.05, 0.1) is 34.4 Å². The molecule has 2 fully saturated rings. The van der Waals surface area contributed by atoms with E-state index in [-0.39, 0.29) is 28.2 Å². The van der Waals surface area contributed by atoms with Crippen molar-refractivity contribution in [3.05, 3.63) is 64.6 Å². The molecule has 2 saturated heterocycles. The fourth-order valence-corrected chi connectivity index (χ4v) is 5.82. The Morgan fingerprint density at radius 1 is 1.11 bits per heavy atom. The van der Waals surface area contributed by atoms with Crippen LogP contribution >= 0.6 is 24.0 Å². The molecule has 5 rings (SSSR count). The third-order valence-electron chi connectivity index (χ3n) is 6.18. The minimum Gasteiger partial charge on any atom is -0.376 e. The second kappa shape index (κ2) is 9.92. The van der Waals surface area contributed by atoms with E-state index in [4.69, 9.17) is 17.0 Å². The number of thioether (sulfide) groups is 1. The van der Waals surface area contributed by atoms with Crippen LogP contribution in [0.5, 0.6) is 0 Å². The fourth-order valence-electron chi connectivity index (χ4n) is 4.47. The summed E-state index contributed by atoms with van der Waals surface area (Å²) >= 11 is 6.45. The Labute approximate surface area is 219 Å². The van der Waals surface area contributed by atoms with Crippen molar-refractivity contribution in [2.75, 3.05) is 29.9 Å². The molecule has 0 saturated carbocycles. The molecule has 3 aliphatic rings. The lowest BCUT2D eigenvalue weighted by molar-refractivity contribution is -0.137. The predicted octanol–water partition coefficient (Wildman–Crippen LogP) is 4.44. The van der Waals surface area contributed by atoms with Gasteiger partial charge in [-0.05, 0) is 37.1 Å². The van der Waals surface area contributed by atoms with Gasteiger partial charge >= 0.3 is 6.18 Å². The molecule has 1 N–H and O–H groups in total. The number of carbonyl (C=O) groups excluding carboxylic acids is 3. The number of fused-ring (bicyclic) bond motifs is 1. The molecular weight excluding hydrogens is 527 g/mol. The van der Waals surface area contributed by atoms with Gasteiger partial charge in [-0.25, -0.2) is 0 Å². The molecule has 7 nitrogen and oxygen atoms in total. The summed E-state index contributed by atoms with van der Waals surface area (Å²) in [6, 6.07) is 11.0. The first kappa shape index (κ1) is 25.4. The summed E-state index contributed by atoms with van der Waals surface area (Å²) in [5.41, 5.74) is 0.105. The predicted molar refractivity (Wildman–Crippen MR) is 137 cm³/mol. The van der Waals surface area contributed by atoms with E-state index in [0.717, 1.165) is 36.7 Å². The van der Waals surface area contributed by atoms with E-state index >= 15 is 0 Å². The molecule has 0 spiro atoms. The number of carbonyl (C=O) groups is 3. The molecule has 0 radical (unpaired) electrons. The van der Waals surface area contributed by atoms with Crippen LogP contribution in [-0.2, 0) is 25.3 Å². The van der Waals surface area contributed by atoms with Crippen molar-refractivity contribution in [1.29, 1.82) is 0 Å². The van der Waals surface area contributed by atoms with Crippen molar-refractivity contribution in [1.82, 2.24) is 4.90 Å². The van der Waals surface area contributed by atoms with Gasteiger partial charge in [0.15, 0.2) is 0 Å². The maximum absolute atomic E-state index is 13.5. The summed E-state index contributed by atoms with van der Waals surface area (Å²) < 4.78 is 45.0. The number of anilines is 2. The Balaban J connectivity index is 1.39. The van der Waals surface area contributed by atoms with Crippen LogP contribution in [0.15, 0.2) is 53.4 Å². The fraction of sp³-hybridized carbons (Fsp3) is 0.280. The topological polar surface area (TPSA) is 79.0 Å². The van der Waals surface area contributed by atoms with Gasteiger partial charge in [0.25, 0.3) is 11.8 Å². The molecule has 3 heterocycles. The van der Waals surface area contributed by atoms with Crippen molar-refractivity contribution in [3.8, 4) is 0 Å². The van der Waals surface area contributed by atoms with Crippen molar-refractivity contribution in [3.63, 3.8) is 0 Å². The second-order valence-corrected chi connectivity index (χ2v) is 10.3. The molecular formula is C25H20F3N3O4S2. The first-order chi connectivity index (χ1) is 17.6. The number of amides is 3. The highest BCUT2D eigenvalue weighted by Gasteiger charge is 2.43. The molecule has 192 valence electrons. The molecule has 0 aromatic heterocycles. The summed E-state index contributed by atoms with van der Waals surface area (Å²) in [4.78, 5) is 42.4. The third kappa shape index (κ3) is 5.00. The largest absolute Gasteiger partial charge is 0.416 e. The summed E-state index contributed by atoms with van der Waals surface area (Å²) in [5.74, 6) is -1.63. The minimum absolute atomic E-state index is 0.0463. The lowest BCUT2D eigenvalue weighted by Crippen LogP contribution is -2.36. The first-order valence-electron chi connectivity index (χ1n) is 11.4. The van der Waals surface area contributed by atoms with Gasteiger partial charge < -0.3 is 10.1 Å². The number of benzene rings is 2. The van der Waals surface area contributed by atoms with Crippen LogP contribution in [0.25, 0.3) is 5.57 Å². The van der Waals surface area contributed by atoms with Gasteiger partial charge in [-0.2, -0.15) is 13.2 Å². The number of nitrogens with one attached hydrogen (secondary N) is 1. The smallest absolute Gasteiger partial charge is 0.376 e. The Hall–Kier alpha value is -3.22. The molecule has 37 heavy (non-hydrogen) atoms. The number of alkyl halides is 3. The van der Waals surface area contributed by atoms with E-state index in [1.807, 2.05) is 0 Å². The van der Waals surface area contributed by atoms with Crippen LogP contribution in [-0.4, -0.2) is 52.7 Å². The Kier molecular flexibility index (Phi) is 6.82. The van der Waals surface area contributed by atoms with Crippen LogP contribution in [0.2, 0.25) is 0 Å². The molecule has 12 heteroatoms. The maximum Gasteiger partial charge on any atom is 0.416 e. The van der Waals surface area contributed by atoms with Crippen molar-refractivity contribution in [2.24, 2.45) is 0 Å². The van der Waals surface area contributed by atoms with Gasteiger partial charge in [-0.3, -0.25) is 24.2 Å². The SMILES string of the molecule is O=C(CN1C(=O)C(=C2SC(=S)N(CC3CCCO3)C2=O)c2ccccc21)Nc1cccc(C(F)(F)F)c1. The molecule has 1 atom stereocenters. The number of thiocarbonyl (C=S) groups is 1. The van der Waals surface area contributed by atoms with Gasteiger partial charge in [-0.1, -0.05) is 48.2 Å². The third-order valence-corrected chi connectivity index (χ3v) is 7.63. The number of halogens is 3. The van der Waals surface area contributed by atoms with Gasteiger partial charge in [0.1, 0.15) is 10.9 Å². The van der Waals surface area contributed by atoms with Crippen LogP contribution < -0.4 is 10.2 Å². The summed E-state index contributed by atoms with van der Waals surface area (Å²) in [6.07, 6.45) is -2.95. The molecule has 0 bridgehead atoms. The van der Waals surface area contributed by atoms with E-state index in [0.29, 0.717) is 28.7 Å². The second-order valence-electron chi connectivity index (χ2n) is 8.66. The van der Waals surface area contributed by atoms with E-state index in [9.17, 15) is 27.6 Å². The lowest BCUT2D eigenvalue weighted by atomic mass is 10.1. The molecule has 0 aliphatic carbocycles. The zero-order chi connectivity index (χ0) is 26.3. The van der Waals surface area contributed by atoms with Crippen molar-refractivity contribution < 1.29 is 32.3 Å². The summed E-state index contributed by atoms with van der Waals surface area (Å²) in [7, 11) is 0. The standard InChI is InChI=1S/C25H20F3N3O4S2/c26-25(27,28)14-5-3-6-15(11-14)29-19(32)13-30-18-9-2-1-8-17(18)20(22(30)33)21-23(34)31(24(36)37-21)12-16-7-4-10-35-16/h1-3,5-6,8-9,11,16H,4,7,10,12-13H2,(H,29,32). The van der Waals surface area contributed by atoms with Gasteiger partial charge in [0, 0.05) is 17.9 Å². The van der Waals surface area contributed by atoms with Crippen LogP contribution in [0.1, 0.15) is 24.0 Å². The molecule has 1 unspecified atom stereocenters. The maximum atomic E-state index is 13.5. The van der Waals surface area contributed by atoms with Crippen molar-refractivity contribution >= 4 is 63.0 Å². The highest BCUT2D eigenvalue weighted by atomic mass is 32.2. The van der Waals surface area contributed by atoms with Crippen LogP contribution in [0, 0.1) is 0 Å². The first-order valence-corrected chi connectivity index (χ1v) is 12.6. The molecule has 2 aromatic carbocycles. The van der Waals surface area contributed by atoms with E-state index < -0.39 is 30.1 Å². The molecule has 2 aromatic rings. The number of ether oxygens (including phenoxy) is 1. The van der Waals surface area contributed by atoms with E-state index in [1.165, 1.54) is 21.9 Å². The Bertz CT molecular complexity index is 1340. The molecule has 3 amide bonds. The Morgan fingerprint density at radius 3 is 2.62 bits per heavy atom. The normalized spacial score (nSPS) is 21.7. The molecule has 3 aliphatic heterocycles. The average molecular weight is 548 g/mol.